The zero-order chi connectivity index (χ0) is 17.3. The van der Waals surface area contributed by atoms with Crippen LogP contribution in [-0.4, -0.2) is 34.2 Å². The van der Waals surface area contributed by atoms with Crippen molar-refractivity contribution in [2.75, 3.05) is 6.26 Å². The molecule has 3 aromatic rings. The molecule has 2 heterocycles. The number of aryl methyl sites for hydroxylation is 1. The Hall–Kier alpha value is -2.61. The van der Waals surface area contributed by atoms with Crippen molar-refractivity contribution in [2.45, 2.75) is 18.6 Å². The Kier molecular flexibility index (Phi) is 4.15. The van der Waals surface area contributed by atoms with Gasteiger partial charge in [-0.3, -0.25) is 0 Å². The van der Waals surface area contributed by atoms with Crippen LogP contribution in [0.2, 0.25) is 0 Å². The lowest BCUT2D eigenvalue weighted by atomic mass is 10.1. The number of sulfone groups is 1. The topological polar surface area (TPSA) is 77.7 Å². The van der Waals surface area contributed by atoms with E-state index in [1.54, 1.807) is 24.5 Å². The van der Waals surface area contributed by atoms with Crippen LogP contribution in [0.3, 0.4) is 0 Å². The van der Waals surface area contributed by atoms with E-state index in [2.05, 4.69) is 15.0 Å². The molecule has 6 nitrogen and oxygen atoms in total. The van der Waals surface area contributed by atoms with Crippen LogP contribution in [0.15, 0.2) is 48.0 Å². The van der Waals surface area contributed by atoms with E-state index in [9.17, 15) is 12.8 Å². The molecule has 8 heteroatoms. The first-order valence-corrected chi connectivity index (χ1v) is 9.14. The van der Waals surface area contributed by atoms with Gasteiger partial charge in [0, 0.05) is 24.6 Å². The molecule has 0 aliphatic rings. The fourth-order valence-electron chi connectivity index (χ4n) is 2.36. The van der Waals surface area contributed by atoms with Gasteiger partial charge in [-0.15, -0.1) is 0 Å². The molecule has 0 aliphatic carbocycles. The van der Waals surface area contributed by atoms with Gasteiger partial charge in [-0.05, 0) is 37.3 Å². The average Bonchev–Trinajstić information content (AvgIpc) is 2.99. The molecule has 3 rings (SSSR count). The second kappa shape index (κ2) is 6.12. The van der Waals surface area contributed by atoms with Crippen LogP contribution in [0.4, 0.5) is 4.39 Å². The number of nitrogens with zero attached hydrogens (tertiary/aromatic N) is 4. The number of hydrogen-bond donors (Lipinski definition) is 0. The fraction of sp³-hybridized carbons (Fsp3) is 0.188. The predicted molar refractivity (Wildman–Crippen MR) is 87.4 cm³/mol. The third-order valence-corrected chi connectivity index (χ3v) is 4.36. The molecule has 24 heavy (non-hydrogen) atoms. The molecular formula is C16H15FN4O2S. The van der Waals surface area contributed by atoms with Crippen molar-refractivity contribution in [2.24, 2.45) is 0 Å². The lowest BCUT2D eigenvalue weighted by Gasteiger charge is -2.09. The Balaban J connectivity index is 2.21. The van der Waals surface area contributed by atoms with E-state index in [1.807, 2.05) is 11.5 Å². The normalized spacial score (nSPS) is 11.6. The van der Waals surface area contributed by atoms with E-state index in [1.165, 1.54) is 18.3 Å². The molecule has 0 aliphatic heterocycles. The summed E-state index contributed by atoms with van der Waals surface area (Å²) in [4.78, 5) is 12.4. The van der Waals surface area contributed by atoms with Crippen molar-refractivity contribution in [3.8, 4) is 22.6 Å². The second-order valence-electron chi connectivity index (χ2n) is 5.23. The quantitative estimate of drug-likeness (QED) is 0.679. The molecule has 0 saturated heterocycles. The Bertz CT molecular complexity index is 982. The summed E-state index contributed by atoms with van der Waals surface area (Å²) >= 11 is 0. The summed E-state index contributed by atoms with van der Waals surface area (Å²) in [6.07, 6.45) is 4.11. The highest BCUT2D eigenvalue weighted by Gasteiger charge is 2.18. The van der Waals surface area contributed by atoms with Crippen LogP contribution >= 0.6 is 0 Å². The van der Waals surface area contributed by atoms with Gasteiger partial charge in [-0.25, -0.2) is 27.8 Å². The maximum Gasteiger partial charge on any atom is 0.247 e. The summed E-state index contributed by atoms with van der Waals surface area (Å²) in [5, 5.41) is -0.242. The van der Waals surface area contributed by atoms with Crippen LogP contribution in [0.25, 0.3) is 22.6 Å². The van der Waals surface area contributed by atoms with Crippen LogP contribution in [-0.2, 0) is 16.4 Å². The highest BCUT2D eigenvalue weighted by Crippen LogP contribution is 2.30. The van der Waals surface area contributed by atoms with Gasteiger partial charge < -0.3 is 4.57 Å². The summed E-state index contributed by atoms with van der Waals surface area (Å²) < 4.78 is 38.4. The zero-order valence-electron chi connectivity index (χ0n) is 13.1. The summed E-state index contributed by atoms with van der Waals surface area (Å²) in [5.74, 6) is -0.336. The number of hydrogen-bond acceptors (Lipinski definition) is 5. The van der Waals surface area contributed by atoms with E-state index < -0.39 is 9.84 Å². The molecule has 0 amide bonds. The monoisotopic (exact) mass is 346 g/mol. The minimum Gasteiger partial charge on any atom is -0.329 e. The van der Waals surface area contributed by atoms with Crippen molar-refractivity contribution in [1.29, 1.82) is 0 Å². The van der Waals surface area contributed by atoms with Gasteiger partial charge in [0.05, 0.1) is 23.4 Å². The van der Waals surface area contributed by atoms with Gasteiger partial charge in [-0.1, -0.05) is 0 Å². The van der Waals surface area contributed by atoms with Crippen LogP contribution in [0.1, 0.15) is 6.92 Å². The lowest BCUT2D eigenvalue weighted by Crippen LogP contribution is -2.06. The number of imidazole rings is 1. The molecule has 0 bridgehead atoms. The first-order chi connectivity index (χ1) is 11.4. The van der Waals surface area contributed by atoms with Gasteiger partial charge in [-0.2, -0.15) is 0 Å². The first-order valence-electron chi connectivity index (χ1n) is 7.24. The van der Waals surface area contributed by atoms with E-state index in [-0.39, 0.29) is 11.0 Å². The predicted octanol–water partition coefficient (Wildman–Crippen LogP) is 2.57. The van der Waals surface area contributed by atoms with Gasteiger partial charge in [0.25, 0.3) is 0 Å². The highest BCUT2D eigenvalue weighted by atomic mass is 32.2. The summed E-state index contributed by atoms with van der Waals surface area (Å²) in [6, 6.07) is 7.59. The van der Waals surface area contributed by atoms with Crippen LogP contribution < -0.4 is 0 Å². The van der Waals surface area contributed by atoms with Gasteiger partial charge in [0.1, 0.15) is 5.82 Å². The minimum atomic E-state index is -3.52. The van der Waals surface area contributed by atoms with Crippen molar-refractivity contribution < 1.29 is 12.8 Å². The molecule has 1 aromatic carbocycles. The van der Waals surface area contributed by atoms with E-state index >= 15 is 0 Å². The van der Waals surface area contributed by atoms with Crippen molar-refractivity contribution in [3.63, 3.8) is 0 Å². The van der Waals surface area contributed by atoms with Crippen molar-refractivity contribution in [1.82, 2.24) is 19.5 Å². The summed E-state index contributed by atoms with van der Waals surface area (Å²) in [5.41, 5.74) is 2.44. The fourth-order valence-corrected chi connectivity index (χ4v) is 2.88. The maximum atomic E-state index is 13.2. The smallest absolute Gasteiger partial charge is 0.247 e. The van der Waals surface area contributed by atoms with E-state index in [0.29, 0.717) is 23.6 Å². The summed E-state index contributed by atoms with van der Waals surface area (Å²) in [7, 11) is -3.52. The van der Waals surface area contributed by atoms with Crippen LogP contribution in [0.5, 0.6) is 0 Å². The molecule has 0 atom stereocenters. The molecule has 0 fully saturated rings. The molecular weight excluding hydrogens is 331 g/mol. The van der Waals surface area contributed by atoms with Gasteiger partial charge >= 0.3 is 0 Å². The number of rotatable bonds is 4. The second-order valence-corrected chi connectivity index (χ2v) is 7.14. The Morgan fingerprint density at radius 2 is 1.83 bits per heavy atom. The average molecular weight is 346 g/mol. The maximum absolute atomic E-state index is 13.2. The third-order valence-electron chi connectivity index (χ3n) is 3.50. The number of halogens is 1. The lowest BCUT2D eigenvalue weighted by molar-refractivity contribution is 0.593. The molecule has 124 valence electrons. The van der Waals surface area contributed by atoms with Crippen LogP contribution in [0, 0.1) is 5.82 Å². The van der Waals surface area contributed by atoms with Gasteiger partial charge in [0.15, 0.2) is 0 Å². The third kappa shape index (κ3) is 3.05. The zero-order valence-corrected chi connectivity index (χ0v) is 14.0. The Morgan fingerprint density at radius 3 is 2.46 bits per heavy atom. The standard InChI is InChI=1S/C16H15FN4O2S/c1-3-21-10-19-14(11-4-6-12(17)7-5-11)15(21)13-8-9-18-16(20-13)24(2,22)23/h4-10H,3H2,1-2H3. The number of aromatic nitrogens is 4. The highest BCUT2D eigenvalue weighted by molar-refractivity contribution is 7.90. The van der Waals surface area contributed by atoms with Crippen molar-refractivity contribution >= 4 is 9.84 Å². The largest absolute Gasteiger partial charge is 0.329 e. The van der Waals surface area contributed by atoms with E-state index in [4.69, 9.17) is 0 Å². The number of benzene rings is 1. The molecule has 0 saturated carbocycles. The molecule has 0 radical (unpaired) electrons. The Morgan fingerprint density at radius 1 is 1.12 bits per heavy atom. The Labute approximate surface area is 139 Å². The molecule has 0 unspecified atom stereocenters. The van der Waals surface area contributed by atoms with E-state index in [0.717, 1.165) is 11.8 Å². The summed E-state index contributed by atoms with van der Waals surface area (Å²) in [6.45, 7) is 2.57. The molecule has 0 N–H and O–H groups in total. The first kappa shape index (κ1) is 16.3. The van der Waals surface area contributed by atoms with Crippen molar-refractivity contribution in [3.05, 3.63) is 48.7 Å². The minimum absolute atomic E-state index is 0.242. The van der Waals surface area contributed by atoms with Gasteiger partial charge in [0.2, 0.25) is 15.0 Å². The SMILES string of the molecule is CCn1cnc(-c2ccc(F)cc2)c1-c1ccnc(S(C)(=O)=O)n1. The molecule has 0 spiro atoms. The molecule has 2 aromatic heterocycles.